The zero-order valence-electron chi connectivity index (χ0n) is 16.2. The number of hydrogen-bond donors (Lipinski definition) is 0. The molecule has 0 N–H and O–H groups in total. The van der Waals surface area contributed by atoms with Crippen molar-refractivity contribution in [3.8, 4) is 0 Å². The topological polar surface area (TPSA) is 57.7 Å². The summed E-state index contributed by atoms with van der Waals surface area (Å²) in [5, 5.41) is 0. The van der Waals surface area contributed by atoms with Gasteiger partial charge in [-0.15, -0.1) is 0 Å². The lowest BCUT2D eigenvalue weighted by molar-refractivity contribution is 0.0734. The van der Waals surface area contributed by atoms with Crippen LogP contribution in [0.4, 0.5) is 0 Å². The minimum Gasteiger partial charge on any atom is -0.334 e. The lowest BCUT2D eigenvalue weighted by atomic mass is 9.99. The molecule has 1 saturated heterocycles. The predicted octanol–water partition coefficient (Wildman–Crippen LogP) is 3.31. The molecule has 28 heavy (non-hydrogen) atoms. The number of sulfonamides is 1. The molecule has 2 aromatic rings. The number of nitrogens with zero attached hydrogens (tertiary/aromatic N) is 2. The van der Waals surface area contributed by atoms with Crippen LogP contribution in [0, 0.1) is 5.92 Å². The Bertz CT molecular complexity index is 962. The second-order valence-corrected chi connectivity index (χ2v) is 9.79. The summed E-state index contributed by atoms with van der Waals surface area (Å²) in [6, 6.07) is 14.6. The molecule has 2 aromatic carbocycles. The van der Waals surface area contributed by atoms with E-state index in [2.05, 4.69) is 19.1 Å². The van der Waals surface area contributed by atoms with Gasteiger partial charge in [-0.2, -0.15) is 4.31 Å². The minimum atomic E-state index is -3.48. The van der Waals surface area contributed by atoms with Crippen LogP contribution in [0.2, 0.25) is 0 Å². The number of hydrogen-bond acceptors (Lipinski definition) is 3. The number of benzene rings is 2. The molecule has 148 valence electrons. The molecule has 0 aliphatic carbocycles. The summed E-state index contributed by atoms with van der Waals surface area (Å²) < 4.78 is 27.3. The van der Waals surface area contributed by atoms with Gasteiger partial charge in [-0.1, -0.05) is 31.2 Å². The molecular weight excluding hydrogens is 372 g/mol. The number of carbonyl (C=O) groups excluding carboxylic acids is 1. The van der Waals surface area contributed by atoms with Gasteiger partial charge in [-0.25, -0.2) is 8.42 Å². The smallest absolute Gasteiger partial charge is 0.254 e. The number of fused-ring (bicyclic) bond motifs is 1. The van der Waals surface area contributed by atoms with Crippen LogP contribution in [0.25, 0.3) is 0 Å². The third-order valence-corrected chi connectivity index (χ3v) is 7.81. The molecule has 4 rings (SSSR count). The van der Waals surface area contributed by atoms with Crippen LogP contribution in [-0.2, 0) is 23.0 Å². The van der Waals surface area contributed by atoms with E-state index in [0.717, 1.165) is 19.3 Å². The molecule has 0 radical (unpaired) electrons. The van der Waals surface area contributed by atoms with Gasteiger partial charge in [0.2, 0.25) is 10.0 Å². The summed E-state index contributed by atoms with van der Waals surface area (Å²) in [5.41, 5.74) is 3.01. The molecule has 0 saturated carbocycles. The average Bonchev–Trinajstić information content (AvgIpc) is 2.73. The van der Waals surface area contributed by atoms with E-state index in [-0.39, 0.29) is 10.8 Å². The lowest BCUT2D eigenvalue weighted by Gasteiger charge is -2.30. The maximum Gasteiger partial charge on any atom is 0.254 e. The van der Waals surface area contributed by atoms with E-state index in [4.69, 9.17) is 0 Å². The lowest BCUT2D eigenvalue weighted by Crippen LogP contribution is -2.38. The summed E-state index contributed by atoms with van der Waals surface area (Å²) >= 11 is 0. The Morgan fingerprint density at radius 1 is 0.929 bits per heavy atom. The zero-order valence-corrected chi connectivity index (χ0v) is 17.0. The fraction of sp³-hybridized carbons (Fsp3) is 0.409. The molecule has 1 fully saturated rings. The number of carbonyl (C=O) groups is 1. The van der Waals surface area contributed by atoms with E-state index in [0.29, 0.717) is 37.7 Å². The van der Waals surface area contributed by atoms with Crippen LogP contribution >= 0.6 is 0 Å². The monoisotopic (exact) mass is 398 g/mol. The highest BCUT2D eigenvalue weighted by Gasteiger charge is 2.28. The van der Waals surface area contributed by atoms with E-state index < -0.39 is 10.0 Å². The van der Waals surface area contributed by atoms with Crippen molar-refractivity contribution >= 4 is 15.9 Å². The van der Waals surface area contributed by atoms with Crippen LogP contribution in [0.3, 0.4) is 0 Å². The van der Waals surface area contributed by atoms with Gasteiger partial charge in [0.05, 0.1) is 4.90 Å². The van der Waals surface area contributed by atoms with Crippen molar-refractivity contribution in [2.24, 2.45) is 5.92 Å². The van der Waals surface area contributed by atoms with Gasteiger partial charge in [0, 0.05) is 31.7 Å². The number of rotatable bonds is 3. The summed E-state index contributed by atoms with van der Waals surface area (Å²) in [7, 11) is -3.48. The van der Waals surface area contributed by atoms with Crippen LogP contribution < -0.4 is 0 Å². The third-order valence-electron chi connectivity index (χ3n) is 5.90. The maximum absolute atomic E-state index is 12.9. The first-order chi connectivity index (χ1) is 13.4. The standard InChI is InChI=1S/C22H26N2O3S/c1-17-10-14-24(15-11-17)28(26,27)21-8-6-19(7-9-21)22(25)23-13-12-18-4-2-3-5-20(18)16-23/h2-9,17H,10-16H2,1H3. The molecular formula is C22H26N2O3S. The minimum absolute atomic E-state index is 0.0507. The second-order valence-electron chi connectivity index (χ2n) is 7.86. The van der Waals surface area contributed by atoms with Crippen molar-refractivity contribution in [1.29, 1.82) is 0 Å². The normalized spacial score (nSPS) is 18.7. The Labute approximate surface area is 167 Å². The van der Waals surface area contributed by atoms with Crippen molar-refractivity contribution in [3.63, 3.8) is 0 Å². The van der Waals surface area contributed by atoms with Crippen LogP contribution in [0.15, 0.2) is 53.4 Å². The predicted molar refractivity (Wildman–Crippen MR) is 108 cm³/mol. The van der Waals surface area contributed by atoms with E-state index in [1.807, 2.05) is 17.0 Å². The largest absolute Gasteiger partial charge is 0.334 e. The van der Waals surface area contributed by atoms with Crippen molar-refractivity contribution in [1.82, 2.24) is 9.21 Å². The number of amides is 1. The summed E-state index contributed by atoms with van der Waals surface area (Å²) in [6.07, 6.45) is 2.64. The van der Waals surface area contributed by atoms with Crippen molar-refractivity contribution in [2.75, 3.05) is 19.6 Å². The molecule has 5 nitrogen and oxygen atoms in total. The fourth-order valence-corrected chi connectivity index (χ4v) is 5.47. The molecule has 0 aromatic heterocycles. The average molecular weight is 399 g/mol. The molecule has 0 unspecified atom stereocenters. The van der Waals surface area contributed by atoms with Crippen molar-refractivity contribution in [2.45, 2.75) is 37.6 Å². The van der Waals surface area contributed by atoms with Crippen molar-refractivity contribution in [3.05, 3.63) is 65.2 Å². The van der Waals surface area contributed by atoms with E-state index in [9.17, 15) is 13.2 Å². The van der Waals surface area contributed by atoms with Crippen LogP contribution in [0.5, 0.6) is 0 Å². The van der Waals surface area contributed by atoms with Gasteiger partial charge in [-0.3, -0.25) is 4.79 Å². The van der Waals surface area contributed by atoms with E-state index in [1.54, 1.807) is 28.6 Å². The Kier molecular flexibility index (Phi) is 5.25. The summed E-state index contributed by atoms with van der Waals surface area (Å²) in [6.45, 7) is 4.57. The Balaban J connectivity index is 1.48. The van der Waals surface area contributed by atoms with Crippen LogP contribution in [-0.4, -0.2) is 43.2 Å². The van der Waals surface area contributed by atoms with Crippen LogP contribution in [0.1, 0.15) is 41.3 Å². The van der Waals surface area contributed by atoms with Crippen molar-refractivity contribution < 1.29 is 13.2 Å². The number of piperidine rings is 1. The summed E-state index contributed by atoms with van der Waals surface area (Å²) in [5.74, 6) is 0.520. The van der Waals surface area contributed by atoms with Gasteiger partial charge in [0.15, 0.2) is 0 Å². The van der Waals surface area contributed by atoms with Gasteiger partial charge in [-0.05, 0) is 60.6 Å². The zero-order chi connectivity index (χ0) is 19.7. The SMILES string of the molecule is CC1CCN(S(=O)(=O)c2ccc(C(=O)N3CCc4ccccc4C3)cc2)CC1. The van der Waals surface area contributed by atoms with E-state index in [1.165, 1.54) is 11.1 Å². The Morgan fingerprint density at radius 2 is 1.57 bits per heavy atom. The summed E-state index contributed by atoms with van der Waals surface area (Å²) in [4.78, 5) is 15.0. The molecule has 2 aliphatic heterocycles. The van der Waals surface area contributed by atoms with Gasteiger partial charge in [0.1, 0.15) is 0 Å². The highest BCUT2D eigenvalue weighted by molar-refractivity contribution is 7.89. The third kappa shape index (κ3) is 3.71. The van der Waals surface area contributed by atoms with Gasteiger partial charge in [0.25, 0.3) is 5.91 Å². The van der Waals surface area contributed by atoms with Gasteiger partial charge < -0.3 is 4.90 Å². The molecule has 0 bridgehead atoms. The molecule has 2 aliphatic rings. The molecule has 2 heterocycles. The first kappa shape index (κ1) is 19.2. The molecule has 1 amide bonds. The molecule has 0 atom stereocenters. The highest BCUT2D eigenvalue weighted by atomic mass is 32.2. The fourth-order valence-electron chi connectivity index (χ4n) is 4.00. The molecule has 6 heteroatoms. The Morgan fingerprint density at radius 3 is 2.25 bits per heavy atom. The maximum atomic E-state index is 12.9. The van der Waals surface area contributed by atoms with Gasteiger partial charge >= 0.3 is 0 Å². The van der Waals surface area contributed by atoms with E-state index >= 15 is 0 Å². The molecule has 0 spiro atoms. The quantitative estimate of drug-likeness (QED) is 0.797. The first-order valence-electron chi connectivity index (χ1n) is 9.91. The first-order valence-corrected chi connectivity index (χ1v) is 11.4. The Hall–Kier alpha value is -2.18. The second kappa shape index (κ2) is 7.68. The highest BCUT2D eigenvalue weighted by Crippen LogP contribution is 2.25.